The van der Waals surface area contributed by atoms with Gasteiger partial charge < -0.3 is 19.9 Å². The van der Waals surface area contributed by atoms with E-state index >= 15 is 0 Å². The molecule has 2 heterocycles. The standard InChI is InChI=1S/C21H20FN3O4/c22-15-5-7-16(8-6-15)23-21(28)25-11-9-24(10-12-25)19(26)18-13-14-3-1-2-4-17(14)20(27)29-18/h1-8,18H,9-13H2,(H,23,28). The van der Waals surface area contributed by atoms with Crippen LogP contribution < -0.4 is 5.32 Å². The SMILES string of the molecule is O=C1OC(C(=O)N2CCN(C(=O)Nc3ccc(F)cc3)CC2)Cc2ccccc21. The van der Waals surface area contributed by atoms with Crippen LogP contribution >= 0.6 is 0 Å². The Bertz CT molecular complexity index is 939. The normalized spacial score (nSPS) is 18.7. The minimum Gasteiger partial charge on any atom is -0.448 e. The zero-order valence-corrected chi connectivity index (χ0v) is 15.6. The molecular formula is C21H20FN3O4. The number of amides is 3. The lowest BCUT2D eigenvalue weighted by Gasteiger charge is -2.36. The van der Waals surface area contributed by atoms with E-state index in [2.05, 4.69) is 5.32 Å². The Morgan fingerprint density at radius 1 is 0.966 bits per heavy atom. The highest BCUT2D eigenvalue weighted by Crippen LogP contribution is 2.22. The van der Waals surface area contributed by atoms with Gasteiger partial charge in [-0.1, -0.05) is 18.2 Å². The molecule has 0 radical (unpaired) electrons. The van der Waals surface area contributed by atoms with Gasteiger partial charge in [0.2, 0.25) is 0 Å². The first kappa shape index (κ1) is 18.9. The molecule has 0 aliphatic carbocycles. The van der Waals surface area contributed by atoms with Crippen LogP contribution in [0.25, 0.3) is 0 Å². The molecule has 1 saturated heterocycles. The summed E-state index contributed by atoms with van der Waals surface area (Å²) in [4.78, 5) is 40.5. The quantitative estimate of drug-likeness (QED) is 0.789. The Morgan fingerprint density at radius 3 is 2.34 bits per heavy atom. The molecule has 1 fully saturated rings. The van der Waals surface area contributed by atoms with Gasteiger partial charge in [-0.05, 0) is 35.9 Å². The number of halogens is 1. The van der Waals surface area contributed by atoms with Crippen molar-refractivity contribution in [2.24, 2.45) is 0 Å². The molecule has 7 nitrogen and oxygen atoms in total. The summed E-state index contributed by atoms with van der Waals surface area (Å²) in [6, 6.07) is 12.3. The van der Waals surface area contributed by atoms with Crippen LogP contribution in [0.5, 0.6) is 0 Å². The molecule has 150 valence electrons. The van der Waals surface area contributed by atoms with Crippen LogP contribution in [-0.2, 0) is 16.0 Å². The number of urea groups is 1. The van der Waals surface area contributed by atoms with Gasteiger partial charge in [-0.25, -0.2) is 14.0 Å². The van der Waals surface area contributed by atoms with Crippen LogP contribution in [0.3, 0.4) is 0 Å². The van der Waals surface area contributed by atoms with Gasteiger partial charge in [0.1, 0.15) is 5.82 Å². The molecule has 29 heavy (non-hydrogen) atoms. The smallest absolute Gasteiger partial charge is 0.339 e. The summed E-state index contributed by atoms with van der Waals surface area (Å²) in [7, 11) is 0. The summed E-state index contributed by atoms with van der Waals surface area (Å²) in [5.41, 5.74) is 1.81. The maximum atomic E-state index is 13.0. The van der Waals surface area contributed by atoms with Crippen LogP contribution in [0, 0.1) is 5.82 Å². The van der Waals surface area contributed by atoms with Gasteiger partial charge in [0.05, 0.1) is 5.56 Å². The molecule has 0 spiro atoms. The highest BCUT2D eigenvalue weighted by molar-refractivity contribution is 5.96. The van der Waals surface area contributed by atoms with E-state index in [-0.39, 0.29) is 17.8 Å². The minimum atomic E-state index is -0.836. The average Bonchev–Trinajstić information content (AvgIpc) is 2.75. The summed E-state index contributed by atoms with van der Waals surface area (Å²) in [5, 5.41) is 2.71. The number of cyclic esters (lactones) is 1. The van der Waals surface area contributed by atoms with Gasteiger partial charge in [0.25, 0.3) is 5.91 Å². The predicted molar refractivity (Wildman–Crippen MR) is 103 cm³/mol. The largest absolute Gasteiger partial charge is 0.448 e. The van der Waals surface area contributed by atoms with Crippen LogP contribution in [0.1, 0.15) is 15.9 Å². The number of fused-ring (bicyclic) bond motifs is 1. The van der Waals surface area contributed by atoms with E-state index < -0.39 is 12.1 Å². The first-order valence-corrected chi connectivity index (χ1v) is 9.40. The van der Waals surface area contributed by atoms with E-state index in [1.807, 2.05) is 12.1 Å². The molecule has 8 heteroatoms. The number of nitrogens with one attached hydrogen (secondary N) is 1. The Kier molecular flexibility index (Phi) is 5.16. The minimum absolute atomic E-state index is 0.244. The lowest BCUT2D eigenvalue weighted by molar-refractivity contribution is -0.142. The number of esters is 1. The monoisotopic (exact) mass is 397 g/mol. The molecular weight excluding hydrogens is 377 g/mol. The lowest BCUT2D eigenvalue weighted by atomic mass is 9.98. The number of carbonyl (C=O) groups is 3. The molecule has 0 aromatic heterocycles. The Balaban J connectivity index is 1.32. The Hall–Kier alpha value is -3.42. The molecule has 1 N–H and O–H groups in total. The fourth-order valence-electron chi connectivity index (χ4n) is 3.54. The van der Waals surface area contributed by atoms with Crippen molar-refractivity contribution in [3.05, 3.63) is 65.5 Å². The van der Waals surface area contributed by atoms with Crippen LogP contribution in [0.15, 0.2) is 48.5 Å². The number of anilines is 1. The fourth-order valence-corrected chi connectivity index (χ4v) is 3.54. The van der Waals surface area contributed by atoms with E-state index in [0.717, 1.165) is 5.56 Å². The lowest BCUT2D eigenvalue weighted by Crippen LogP contribution is -2.54. The summed E-state index contributed by atoms with van der Waals surface area (Å²) in [6.07, 6.45) is -0.483. The molecule has 3 amide bonds. The second-order valence-electron chi connectivity index (χ2n) is 7.00. The molecule has 1 unspecified atom stereocenters. The molecule has 0 bridgehead atoms. The van der Waals surface area contributed by atoms with Crippen LogP contribution in [-0.4, -0.2) is 60.0 Å². The van der Waals surface area contributed by atoms with Crippen LogP contribution in [0.2, 0.25) is 0 Å². The van der Waals surface area contributed by atoms with E-state index in [1.54, 1.807) is 21.9 Å². The van der Waals surface area contributed by atoms with Crippen molar-refractivity contribution in [2.45, 2.75) is 12.5 Å². The van der Waals surface area contributed by atoms with Crippen molar-refractivity contribution in [1.82, 2.24) is 9.80 Å². The number of rotatable bonds is 2. The van der Waals surface area contributed by atoms with E-state index in [4.69, 9.17) is 4.74 Å². The van der Waals surface area contributed by atoms with E-state index in [1.165, 1.54) is 24.3 Å². The Labute approximate surface area is 167 Å². The number of piperazine rings is 1. The number of hydrogen-bond acceptors (Lipinski definition) is 4. The topological polar surface area (TPSA) is 79.0 Å². The maximum Gasteiger partial charge on any atom is 0.339 e. The summed E-state index contributed by atoms with van der Waals surface area (Å²) in [5.74, 6) is -1.10. The second kappa shape index (κ2) is 7.90. The van der Waals surface area contributed by atoms with Gasteiger partial charge in [0.15, 0.2) is 6.10 Å². The Morgan fingerprint density at radius 2 is 1.62 bits per heavy atom. The second-order valence-corrected chi connectivity index (χ2v) is 7.00. The summed E-state index contributed by atoms with van der Waals surface area (Å²) >= 11 is 0. The number of ether oxygens (including phenoxy) is 1. The molecule has 4 rings (SSSR count). The first-order chi connectivity index (χ1) is 14.0. The van der Waals surface area contributed by atoms with E-state index in [9.17, 15) is 18.8 Å². The molecule has 1 atom stereocenters. The zero-order valence-electron chi connectivity index (χ0n) is 15.6. The van der Waals surface area contributed by atoms with Crippen molar-refractivity contribution in [3.8, 4) is 0 Å². The number of benzene rings is 2. The number of hydrogen-bond donors (Lipinski definition) is 1. The highest BCUT2D eigenvalue weighted by Gasteiger charge is 2.35. The van der Waals surface area contributed by atoms with Crippen LogP contribution in [0.4, 0.5) is 14.9 Å². The van der Waals surface area contributed by atoms with E-state index in [0.29, 0.717) is 43.9 Å². The van der Waals surface area contributed by atoms with Crippen molar-refractivity contribution < 1.29 is 23.5 Å². The van der Waals surface area contributed by atoms with Gasteiger partial charge in [-0.15, -0.1) is 0 Å². The maximum absolute atomic E-state index is 13.0. The molecule has 2 aromatic carbocycles. The van der Waals surface area contributed by atoms with Crippen molar-refractivity contribution in [3.63, 3.8) is 0 Å². The number of nitrogens with zero attached hydrogens (tertiary/aromatic N) is 2. The average molecular weight is 397 g/mol. The van der Waals surface area contributed by atoms with Gasteiger partial charge >= 0.3 is 12.0 Å². The molecule has 0 saturated carbocycles. The van der Waals surface area contributed by atoms with Gasteiger partial charge in [0, 0.05) is 38.3 Å². The highest BCUT2D eigenvalue weighted by atomic mass is 19.1. The zero-order chi connectivity index (χ0) is 20.4. The summed E-state index contributed by atoms with van der Waals surface area (Å²) in [6.45, 7) is 1.42. The third-order valence-corrected chi connectivity index (χ3v) is 5.14. The molecule has 2 aliphatic rings. The van der Waals surface area contributed by atoms with Crippen molar-refractivity contribution in [2.75, 3.05) is 31.5 Å². The summed E-state index contributed by atoms with van der Waals surface area (Å²) < 4.78 is 18.3. The fraction of sp³-hybridized carbons (Fsp3) is 0.286. The number of carbonyl (C=O) groups excluding carboxylic acids is 3. The van der Waals surface area contributed by atoms with Gasteiger partial charge in [-0.3, -0.25) is 4.79 Å². The van der Waals surface area contributed by atoms with Crippen molar-refractivity contribution in [1.29, 1.82) is 0 Å². The van der Waals surface area contributed by atoms with Gasteiger partial charge in [-0.2, -0.15) is 0 Å². The molecule has 2 aromatic rings. The molecule has 2 aliphatic heterocycles. The first-order valence-electron chi connectivity index (χ1n) is 9.40. The van der Waals surface area contributed by atoms with Crippen molar-refractivity contribution >= 4 is 23.6 Å². The third-order valence-electron chi connectivity index (χ3n) is 5.14. The third kappa shape index (κ3) is 4.06. The predicted octanol–water partition coefficient (Wildman–Crippen LogP) is 2.28.